The molecule has 0 aliphatic rings. The first kappa shape index (κ1) is 17.7. The zero-order valence-corrected chi connectivity index (χ0v) is 16.0. The second kappa shape index (κ2) is 7.41. The molecule has 0 saturated heterocycles. The predicted octanol–water partition coefficient (Wildman–Crippen LogP) is 5.48. The fourth-order valence-electron chi connectivity index (χ4n) is 2.24. The lowest BCUT2D eigenvalue weighted by Gasteiger charge is -2.05. The Kier molecular flexibility index (Phi) is 5.24. The molecule has 0 bridgehead atoms. The van der Waals surface area contributed by atoms with Crippen molar-refractivity contribution in [2.24, 2.45) is 0 Å². The summed E-state index contributed by atoms with van der Waals surface area (Å²) in [6, 6.07) is 12.0. The van der Waals surface area contributed by atoms with E-state index in [-0.39, 0.29) is 5.91 Å². The third-order valence-corrected chi connectivity index (χ3v) is 5.19. The number of nitrogens with one attached hydrogen (secondary N) is 1. The zero-order chi connectivity index (χ0) is 18.0. The van der Waals surface area contributed by atoms with Crippen molar-refractivity contribution in [3.8, 4) is 10.6 Å². The van der Waals surface area contributed by atoms with Gasteiger partial charge in [0, 0.05) is 10.0 Å². The van der Waals surface area contributed by atoms with Crippen molar-refractivity contribution >= 4 is 38.3 Å². The van der Waals surface area contributed by atoms with Crippen molar-refractivity contribution in [1.29, 1.82) is 0 Å². The minimum atomic E-state index is -0.411. The van der Waals surface area contributed by atoms with Gasteiger partial charge in [0.25, 0.3) is 5.91 Å². The number of carbonyl (C=O) groups is 1. The first-order valence-electron chi connectivity index (χ1n) is 7.64. The Morgan fingerprint density at radius 2 is 1.88 bits per heavy atom. The van der Waals surface area contributed by atoms with Crippen molar-refractivity contribution in [3.05, 3.63) is 63.9 Å². The predicted molar refractivity (Wildman–Crippen MR) is 101 cm³/mol. The number of hydrogen-bond acceptors (Lipinski definition) is 4. The minimum Gasteiger partial charge on any atom is -0.296 e. The van der Waals surface area contributed by atoms with E-state index in [4.69, 9.17) is 0 Å². The van der Waals surface area contributed by atoms with Crippen LogP contribution in [0.25, 0.3) is 10.6 Å². The standard InChI is InChI=1S/C18H15BrFN3OS/c1-10(2)11-3-5-12(6-4-11)17-22-23-18(25-17)21-16(24)14-8-7-13(20)9-15(14)19/h3-10H,1-2H3,(H,21,23,24). The highest BCUT2D eigenvalue weighted by atomic mass is 79.9. The first-order chi connectivity index (χ1) is 11.9. The van der Waals surface area contributed by atoms with E-state index in [9.17, 15) is 9.18 Å². The smallest absolute Gasteiger partial charge is 0.258 e. The number of carbonyl (C=O) groups excluding carboxylic acids is 1. The molecule has 128 valence electrons. The molecule has 0 saturated carbocycles. The SMILES string of the molecule is CC(C)c1ccc(-c2nnc(NC(=O)c3ccc(F)cc3Br)s2)cc1. The van der Waals surface area contributed by atoms with Gasteiger partial charge in [-0.15, -0.1) is 10.2 Å². The van der Waals surface area contributed by atoms with Crippen LogP contribution in [0, 0.1) is 5.82 Å². The summed E-state index contributed by atoms with van der Waals surface area (Å²) in [5.41, 5.74) is 2.53. The molecule has 1 amide bonds. The van der Waals surface area contributed by atoms with E-state index in [2.05, 4.69) is 57.4 Å². The van der Waals surface area contributed by atoms with Gasteiger partial charge in [-0.3, -0.25) is 10.1 Å². The van der Waals surface area contributed by atoms with Crippen LogP contribution < -0.4 is 5.32 Å². The second-order valence-corrected chi connectivity index (χ2v) is 7.60. The van der Waals surface area contributed by atoms with Gasteiger partial charge in [0.05, 0.1) is 5.56 Å². The van der Waals surface area contributed by atoms with Crippen LogP contribution in [0.4, 0.5) is 9.52 Å². The van der Waals surface area contributed by atoms with Crippen LogP contribution in [0.15, 0.2) is 46.9 Å². The van der Waals surface area contributed by atoms with E-state index in [1.165, 1.54) is 35.1 Å². The van der Waals surface area contributed by atoms with Gasteiger partial charge in [-0.2, -0.15) is 0 Å². The zero-order valence-electron chi connectivity index (χ0n) is 13.6. The molecule has 1 N–H and O–H groups in total. The Labute approximate surface area is 157 Å². The summed E-state index contributed by atoms with van der Waals surface area (Å²) in [7, 11) is 0. The van der Waals surface area contributed by atoms with Crippen LogP contribution in [0.5, 0.6) is 0 Å². The Morgan fingerprint density at radius 3 is 2.52 bits per heavy atom. The van der Waals surface area contributed by atoms with E-state index in [1.54, 1.807) is 0 Å². The van der Waals surface area contributed by atoms with Gasteiger partial charge < -0.3 is 0 Å². The lowest BCUT2D eigenvalue weighted by Crippen LogP contribution is -2.12. The maximum atomic E-state index is 13.1. The van der Waals surface area contributed by atoms with Crippen molar-refractivity contribution < 1.29 is 9.18 Å². The van der Waals surface area contributed by atoms with Gasteiger partial charge in [-0.1, -0.05) is 49.4 Å². The summed E-state index contributed by atoms with van der Waals surface area (Å²) in [6.07, 6.45) is 0. The van der Waals surface area contributed by atoms with Crippen LogP contribution in [0.1, 0.15) is 35.7 Å². The molecule has 2 aromatic carbocycles. The fraction of sp³-hybridized carbons (Fsp3) is 0.167. The highest BCUT2D eigenvalue weighted by Gasteiger charge is 2.14. The van der Waals surface area contributed by atoms with Gasteiger partial charge in [0.2, 0.25) is 5.13 Å². The van der Waals surface area contributed by atoms with Crippen molar-refractivity contribution in [2.45, 2.75) is 19.8 Å². The molecule has 3 aromatic rings. The lowest BCUT2D eigenvalue weighted by atomic mass is 10.0. The van der Waals surface area contributed by atoms with Crippen LogP contribution in [0.3, 0.4) is 0 Å². The van der Waals surface area contributed by atoms with Crippen molar-refractivity contribution in [2.75, 3.05) is 5.32 Å². The van der Waals surface area contributed by atoms with Crippen LogP contribution in [-0.4, -0.2) is 16.1 Å². The van der Waals surface area contributed by atoms with Gasteiger partial charge in [-0.05, 0) is 45.6 Å². The van der Waals surface area contributed by atoms with Crippen LogP contribution >= 0.6 is 27.3 Å². The number of halogens is 2. The molecule has 0 aliphatic carbocycles. The molecule has 3 rings (SSSR count). The number of nitrogens with zero attached hydrogens (tertiary/aromatic N) is 2. The molecule has 1 aromatic heterocycles. The minimum absolute atomic E-state index is 0.333. The van der Waals surface area contributed by atoms with E-state index < -0.39 is 5.82 Å². The molecule has 1 heterocycles. The topological polar surface area (TPSA) is 54.9 Å². The summed E-state index contributed by atoms with van der Waals surface area (Å²) >= 11 is 4.48. The molecular formula is C18H15BrFN3OS. The number of aromatic nitrogens is 2. The number of anilines is 1. The summed E-state index contributed by atoms with van der Waals surface area (Å²) in [4.78, 5) is 12.3. The van der Waals surface area contributed by atoms with Crippen LogP contribution in [0.2, 0.25) is 0 Å². The molecule has 0 fully saturated rings. The van der Waals surface area contributed by atoms with E-state index in [0.717, 1.165) is 10.6 Å². The van der Waals surface area contributed by atoms with E-state index in [0.29, 0.717) is 21.1 Å². The van der Waals surface area contributed by atoms with Crippen LogP contribution in [-0.2, 0) is 0 Å². The Bertz CT molecular complexity index is 909. The number of hydrogen-bond donors (Lipinski definition) is 1. The summed E-state index contributed by atoms with van der Waals surface area (Å²) in [6.45, 7) is 4.28. The molecule has 0 spiro atoms. The Morgan fingerprint density at radius 1 is 1.16 bits per heavy atom. The maximum absolute atomic E-state index is 13.1. The number of amides is 1. The second-order valence-electron chi connectivity index (χ2n) is 5.77. The maximum Gasteiger partial charge on any atom is 0.258 e. The highest BCUT2D eigenvalue weighted by molar-refractivity contribution is 9.10. The Hall–Kier alpha value is -2.12. The molecule has 0 aliphatic heterocycles. The first-order valence-corrected chi connectivity index (χ1v) is 9.25. The molecular weight excluding hydrogens is 405 g/mol. The van der Waals surface area contributed by atoms with Gasteiger partial charge in [-0.25, -0.2) is 4.39 Å². The average Bonchev–Trinajstić information content (AvgIpc) is 3.03. The highest BCUT2D eigenvalue weighted by Crippen LogP contribution is 2.28. The molecule has 4 nitrogen and oxygen atoms in total. The third-order valence-electron chi connectivity index (χ3n) is 3.65. The number of benzene rings is 2. The quantitative estimate of drug-likeness (QED) is 0.608. The summed E-state index contributed by atoms with van der Waals surface area (Å²) in [5, 5.41) is 11.9. The van der Waals surface area contributed by atoms with Gasteiger partial charge in [0.15, 0.2) is 0 Å². The van der Waals surface area contributed by atoms with E-state index >= 15 is 0 Å². The van der Waals surface area contributed by atoms with E-state index in [1.807, 2.05) is 12.1 Å². The molecule has 25 heavy (non-hydrogen) atoms. The average molecular weight is 420 g/mol. The monoisotopic (exact) mass is 419 g/mol. The molecule has 7 heteroatoms. The lowest BCUT2D eigenvalue weighted by molar-refractivity contribution is 0.102. The van der Waals surface area contributed by atoms with Gasteiger partial charge in [0.1, 0.15) is 10.8 Å². The molecule has 0 radical (unpaired) electrons. The number of rotatable bonds is 4. The summed E-state index contributed by atoms with van der Waals surface area (Å²) in [5.74, 6) is -0.316. The molecule has 0 atom stereocenters. The van der Waals surface area contributed by atoms with Crippen molar-refractivity contribution in [3.63, 3.8) is 0 Å². The van der Waals surface area contributed by atoms with Crippen molar-refractivity contribution in [1.82, 2.24) is 10.2 Å². The molecule has 0 unspecified atom stereocenters. The Balaban J connectivity index is 1.76. The normalized spacial score (nSPS) is 10.9. The third kappa shape index (κ3) is 4.11. The summed E-state index contributed by atoms with van der Waals surface area (Å²) < 4.78 is 13.5. The fourth-order valence-corrected chi connectivity index (χ4v) is 3.51. The van der Waals surface area contributed by atoms with Gasteiger partial charge >= 0.3 is 0 Å². The largest absolute Gasteiger partial charge is 0.296 e.